The van der Waals surface area contributed by atoms with Crippen molar-refractivity contribution < 1.29 is 14.6 Å². The summed E-state index contributed by atoms with van der Waals surface area (Å²) in [4.78, 5) is 23.7. The van der Waals surface area contributed by atoms with Gasteiger partial charge in [-0.1, -0.05) is 53.5 Å². The van der Waals surface area contributed by atoms with E-state index in [1.54, 1.807) is 18.2 Å². The second-order valence-corrected chi connectivity index (χ2v) is 7.59. The van der Waals surface area contributed by atoms with Gasteiger partial charge in [-0.2, -0.15) is 0 Å². The summed E-state index contributed by atoms with van der Waals surface area (Å²) in [6.45, 7) is 2.83. The van der Waals surface area contributed by atoms with Gasteiger partial charge in [0.2, 0.25) is 0 Å². The van der Waals surface area contributed by atoms with Crippen molar-refractivity contribution in [2.45, 2.75) is 19.9 Å². The van der Waals surface area contributed by atoms with Crippen LogP contribution in [0.2, 0.25) is 10.0 Å². The molecule has 0 aliphatic rings. The number of nitrogens with zero attached hydrogens (tertiary/aromatic N) is 1. The van der Waals surface area contributed by atoms with Gasteiger partial charge in [-0.15, -0.1) is 0 Å². The molecule has 3 rings (SSSR count). The van der Waals surface area contributed by atoms with Crippen LogP contribution in [0.5, 0.6) is 5.75 Å². The number of aromatic nitrogens is 1. The van der Waals surface area contributed by atoms with E-state index in [4.69, 9.17) is 33.0 Å². The first kappa shape index (κ1) is 22.7. The quantitative estimate of drug-likeness (QED) is 0.473. The summed E-state index contributed by atoms with van der Waals surface area (Å²) in [5.74, 6) is -0.223. The van der Waals surface area contributed by atoms with E-state index in [0.29, 0.717) is 30.3 Å². The minimum Gasteiger partial charge on any atom is -0.494 e. The average molecular weight is 458 g/mol. The Balaban J connectivity index is 1.89. The molecule has 0 radical (unpaired) electrons. The first-order valence-electron chi connectivity index (χ1n) is 9.71. The van der Waals surface area contributed by atoms with Gasteiger partial charge in [0, 0.05) is 6.54 Å². The van der Waals surface area contributed by atoms with Gasteiger partial charge in [-0.3, -0.25) is 4.79 Å². The zero-order valence-electron chi connectivity index (χ0n) is 16.8. The molecule has 1 N–H and O–H groups in total. The SMILES string of the molecule is CCOc1cccc(C=Cc2c(Cl)cc(Cl)c(=O)n2CCc2ccc(C(=O)O)cc2)c1. The van der Waals surface area contributed by atoms with E-state index in [0.717, 1.165) is 16.9 Å². The number of rotatable bonds is 8. The van der Waals surface area contributed by atoms with Gasteiger partial charge in [-0.05, 0) is 60.9 Å². The van der Waals surface area contributed by atoms with Gasteiger partial charge in [0.15, 0.2) is 0 Å². The maximum Gasteiger partial charge on any atom is 0.335 e. The Morgan fingerprint density at radius 1 is 1.06 bits per heavy atom. The van der Waals surface area contributed by atoms with E-state index >= 15 is 0 Å². The Morgan fingerprint density at radius 2 is 1.81 bits per heavy atom. The number of pyridine rings is 1. The molecule has 3 aromatic rings. The van der Waals surface area contributed by atoms with E-state index in [9.17, 15) is 9.59 Å². The third kappa shape index (κ3) is 5.78. The van der Waals surface area contributed by atoms with E-state index in [1.807, 2.05) is 37.3 Å². The van der Waals surface area contributed by atoms with Gasteiger partial charge in [0.05, 0.1) is 22.9 Å². The Kier molecular flexibility index (Phi) is 7.55. The van der Waals surface area contributed by atoms with Crippen molar-refractivity contribution in [2.24, 2.45) is 0 Å². The Labute approximate surface area is 190 Å². The van der Waals surface area contributed by atoms with Crippen LogP contribution in [0, 0.1) is 0 Å². The Hall–Kier alpha value is -3.02. The number of benzene rings is 2. The largest absolute Gasteiger partial charge is 0.494 e. The van der Waals surface area contributed by atoms with Crippen molar-refractivity contribution in [1.82, 2.24) is 4.57 Å². The molecule has 1 aromatic heterocycles. The topological polar surface area (TPSA) is 68.5 Å². The summed E-state index contributed by atoms with van der Waals surface area (Å²) in [6.07, 6.45) is 4.14. The number of carbonyl (C=O) groups is 1. The molecule has 0 unspecified atom stereocenters. The lowest BCUT2D eigenvalue weighted by molar-refractivity contribution is 0.0697. The predicted molar refractivity (Wildman–Crippen MR) is 124 cm³/mol. The zero-order valence-corrected chi connectivity index (χ0v) is 18.4. The van der Waals surface area contributed by atoms with Gasteiger partial charge in [0.1, 0.15) is 10.8 Å². The number of ether oxygens (including phenoxy) is 1. The Morgan fingerprint density at radius 3 is 2.48 bits per heavy atom. The summed E-state index contributed by atoms with van der Waals surface area (Å²) < 4.78 is 7.05. The molecule has 1 heterocycles. The number of aromatic carboxylic acids is 1. The minimum atomic E-state index is -0.981. The van der Waals surface area contributed by atoms with Crippen molar-refractivity contribution in [3.8, 4) is 5.75 Å². The van der Waals surface area contributed by atoms with E-state index < -0.39 is 5.97 Å². The van der Waals surface area contributed by atoms with Crippen LogP contribution >= 0.6 is 23.2 Å². The lowest BCUT2D eigenvalue weighted by Crippen LogP contribution is -2.24. The molecule has 5 nitrogen and oxygen atoms in total. The zero-order chi connectivity index (χ0) is 22.4. The standard InChI is InChI=1S/C24H21Cl2NO4/c1-2-31-19-5-3-4-17(14-19)8-11-22-20(25)15-21(26)23(28)27(22)13-12-16-6-9-18(10-7-16)24(29)30/h3-11,14-15H,2,12-13H2,1H3,(H,29,30). The molecule has 160 valence electrons. The molecular formula is C24H21Cl2NO4. The third-order valence-electron chi connectivity index (χ3n) is 4.67. The van der Waals surface area contributed by atoms with E-state index in [2.05, 4.69) is 0 Å². The van der Waals surface area contributed by atoms with Gasteiger partial charge in [0.25, 0.3) is 5.56 Å². The highest BCUT2D eigenvalue weighted by Gasteiger charge is 2.11. The summed E-state index contributed by atoms with van der Waals surface area (Å²) in [5, 5.41) is 9.43. The maximum absolute atomic E-state index is 12.7. The van der Waals surface area contributed by atoms with Crippen LogP contribution in [0.3, 0.4) is 0 Å². The fourth-order valence-electron chi connectivity index (χ4n) is 3.11. The predicted octanol–water partition coefficient (Wildman–Crippen LogP) is 5.67. The van der Waals surface area contributed by atoms with Crippen LogP contribution in [-0.4, -0.2) is 22.2 Å². The lowest BCUT2D eigenvalue weighted by Gasteiger charge is -2.13. The average Bonchev–Trinajstić information content (AvgIpc) is 2.75. The second-order valence-electron chi connectivity index (χ2n) is 6.77. The number of hydrogen-bond donors (Lipinski definition) is 1. The molecule has 0 bridgehead atoms. The van der Waals surface area contributed by atoms with Crippen LogP contribution < -0.4 is 10.3 Å². The van der Waals surface area contributed by atoms with Crippen molar-refractivity contribution in [3.63, 3.8) is 0 Å². The van der Waals surface area contributed by atoms with Crippen LogP contribution in [0.25, 0.3) is 12.2 Å². The van der Waals surface area contributed by atoms with Crippen molar-refractivity contribution in [2.75, 3.05) is 6.61 Å². The number of carboxylic acids is 1. The molecule has 0 amide bonds. The van der Waals surface area contributed by atoms with Gasteiger partial charge in [-0.25, -0.2) is 4.79 Å². The fraction of sp³-hybridized carbons (Fsp3) is 0.167. The highest BCUT2D eigenvalue weighted by atomic mass is 35.5. The van der Waals surface area contributed by atoms with E-state index in [-0.39, 0.29) is 16.1 Å². The summed E-state index contributed by atoms with van der Waals surface area (Å²) in [6, 6.07) is 15.6. The third-order valence-corrected chi connectivity index (χ3v) is 5.24. The maximum atomic E-state index is 12.7. The first-order valence-corrected chi connectivity index (χ1v) is 10.5. The normalized spacial score (nSPS) is 11.1. The summed E-state index contributed by atoms with van der Waals surface area (Å²) >= 11 is 12.5. The van der Waals surface area contributed by atoms with Gasteiger partial charge >= 0.3 is 5.97 Å². The number of hydrogen-bond acceptors (Lipinski definition) is 3. The summed E-state index contributed by atoms with van der Waals surface area (Å²) in [7, 11) is 0. The highest BCUT2D eigenvalue weighted by molar-refractivity contribution is 6.35. The molecule has 0 spiro atoms. The first-order chi connectivity index (χ1) is 14.9. The smallest absolute Gasteiger partial charge is 0.335 e. The molecule has 2 aromatic carbocycles. The molecule has 0 atom stereocenters. The van der Waals surface area contributed by atoms with Crippen molar-refractivity contribution >= 4 is 41.3 Å². The lowest BCUT2D eigenvalue weighted by atomic mass is 10.1. The number of halogens is 2. The monoisotopic (exact) mass is 457 g/mol. The summed E-state index contributed by atoms with van der Waals surface area (Å²) in [5.41, 5.74) is 2.22. The van der Waals surface area contributed by atoms with Crippen molar-refractivity contribution in [3.05, 3.63) is 97.4 Å². The number of carboxylic acid groups (broad SMARTS) is 1. The molecule has 0 saturated heterocycles. The molecule has 0 aliphatic heterocycles. The fourth-order valence-corrected chi connectivity index (χ4v) is 3.65. The molecular weight excluding hydrogens is 437 g/mol. The van der Waals surface area contributed by atoms with Crippen molar-refractivity contribution in [1.29, 1.82) is 0 Å². The molecule has 0 aliphatic carbocycles. The van der Waals surface area contributed by atoms with Crippen LogP contribution in [0.4, 0.5) is 0 Å². The minimum absolute atomic E-state index is 0.0433. The highest BCUT2D eigenvalue weighted by Crippen LogP contribution is 2.22. The van der Waals surface area contributed by atoms with Gasteiger partial charge < -0.3 is 14.4 Å². The van der Waals surface area contributed by atoms with E-state index in [1.165, 1.54) is 22.8 Å². The van der Waals surface area contributed by atoms with Crippen LogP contribution in [0.1, 0.15) is 34.1 Å². The van der Waals surface area contributed by atoms with Crippen LogP contribution in [0.15, 0.2) is 59.4 Å². The Bertz CT molecular complexity index is 1170. The van der Waals surface area contributed by atoms with Crippen LogP contribution in [-0.2, 0) is 13.0 Å². The molecule has 0 fully saturated rings. The second kappa shape index (κ2) is 10.3. The molecule has 7 heteroatoms. The molecule has 0 saturated carbocycles. The molecule has 31 heavy (non-hydrogen) atoms. The number of aryl methyl sites for hydroxylation is 1.